The maximum atomic E-state index is 11.6. The minimum atomic E-state index is -1.41. The molecule has 0 aromatic heterocycles. The molecule has 0 saturated heterocycles. The van der Waals surface area contributed by atoms with E-state index in [1.54, 1.807) is 6.92 Å². The maximum absolute atomic E-state index is 11.6. The predicted molar refractivity (Wildman–Crippen MR) is 93.7 cm³/mol. The number of methoxy groups -OCH3 is 1. The standard InChI is InChI=1S/C16H20ClN3O7/c1-3-26-12-7-10(6-11(17)14(12)27-9-13(21)22)8-19-20-16(24)15(23)18-4-5-25-2/h6-8H,3-5,9H2,1-2H3,(H,18,23)(H,20,24)(H,21,22)/p-1/b19-8-. The zero-order valence-electron chi connectivity index (χ0n) is 14.7. The molecule has 2 N–H and O–H groups in total. The molecule has 148 valence electrons. The lowest BCUT2D eigenvalue weighted by molar-refractivity contribution is -0.307. The van der Waals surface area contributed by atoms with Crippen molar-refractivity contribution in [1.29, 1.82) is 0 Å². The van der Waals surface area contributed by atoms with Crippen molar-refractivity contribution in [3.05, 3.63) is 22.7 Å². The molecule has 2 amide bonds. The first kappa shape index (κ1) is 22.2. The first-order chi connectivity index (χ1) is 12.9. The van der Waals surface area contributed by atoms with Crippen molar-refractivity contribution in [2.24, 2.45) is 5.10 Å². The van der Waals surface area contributed by atoms with Gasteiger partial charge >= 0.3 is 11.8 Å². The molecule has 27 heavy (non-hydrogen) atoms. The molecule has 0 fully saturated rings. The van der Waals surface area contributed by atoms with Gasteiger partial charge in [-0.25, -0.2) is 5.43 Å². The number of hydrogen-bond donors (Lipinski definition) is 2. The molecule has 0 aliphatic heterocycles. The second-order valence-corrected chi connectivity index (χ2v) is 5.28. The van der Waals surface area contributed by atoms with Gasteiger partial charge in [0.1, 0.15) is 6.61 Å². The Morgan fingerprint density at radius 2 is 2.00 bits per heavy atom. The number of ether oxygens (including phenoxy) is 3. The van der Waals surface area contributed by atoms with E-state index in [1.165, 1.54) is 25.5 Å². The number of carboxylic acid groups (broad SMARTS) is 1. The number of amides is 2. The Bertz CT molecular complexity index is 709. The van der Waals surface area contributed by atoms with Crippen LogP contribution in [0.5, 0.6) is 11.5 Å². The third-order valence-corrected chi connectivity index (χ3v) is 3.12. The maximum Gasteiger partial charge on any atom is 0.329 e. The summed E-state index contributed by atoms with van der Waals surface area (Å²) in [4.78, 5) is 33.6. The van der Waals surface area contributed by atoms with E-state index in [1.807, 2.05) is 0 Å². The van der Waals surface area contributed by atoms with Crippen molar-refractivity contribution >= 4 is 35.6 Å². The van der Waals surface area contributed by atoms with Crippen molar-refractivity contribution in [2.45, 2.75) is 6.92 Å². The Labute approximate surface area is 160 Å². The highest BCUT2D eigenvalue weighted by atomic mass is 35.5. The minimum absolute atomic E-state index is 0.0430. The largest absolute Gasteiger partial charge is 0.546 e. The number of nitrogens with zero attached hydrogens (tertiary/aromatic N) is 1. The van der Waals surface area contributed by atoms with E-state index in [9.17, 15) is 19.5 Å². The van der Waals surface area contributed by atoms with Gasteiger partial charge in [0, 0.05) is 13.7 Å². The number of benzene rings is 1. The minimum Gasteiger partial charge on any atom is -0.546 e. The van der Waals surface area contributed by atoms with Crippen LogP contribution in [-0.2, 0) is 19.1 Å². The van der Waals surface area contributed by atoms with E-state index < -0.39 is 24.4 Å². The summed E-state index contributed by atoms with van der Waals surface area (Å²) in [5.74, 6) is -2.99. The number of aliphatic carboxylic acids is 1. The van der Waals surface area contributed by atoms with Gasteiger partial charge in [-0.05, 0) is 24.6 Å². The van der Waals surface area contributed by atoms with Crippen LogP contribution >= 0.6 is 11.6 Å². The lowest BCUT2D eigenvalue weighted by Crippen LogP contribution is -2.39. The van der Waals surface area contributed by atoms with E-state index in [0.29, 0.717) is 5.56 Å². The molecule has 0 radical (unpaired) electrons. The van der Waals surface area contributed by atoms with Crippen LogP contribution in [0.25, 0.3) is 0 Å². The van der Waals surface area contributed by atoms with Crippen molar-refractivity contribution in [2.75, 3.05) is 33.5 Å². The number of carboxylic acids is 1. The topological polar surface area (TPSA) is 138 Å². The quantitative estimate of drug-likeness (QED) is 0.224. The van der Waals surface area contributed by atoms with E-state index in [4.69, 9.17) is 25.8 Å². The molecule has 0 unspecified atom stereocenters. The van der Waals surface area contributed by atoms with Gasteiger partial charge in [0.25, 0.3) is 0 Å². The fourth-order valence-electron chi connectivity index (χ4n) is 1.76. The molecule has 11 heteroatoms. The predicted octanol–water partition coefficient (Wildman–Crippen LogP) is -0.920. The third kappa shape index (κ3) is 7.92. The molecule has 1 aromatic rings. The van der Waals surface area contributed by atoms with Crippen molar-refractivity contribution < 1.29 is 33.7 Å². The Balaban J connectivity index is 2.79. The van der Waals surface area contributed by atoms with Crippen LogP contribution in [0.3, 0.4) is 0 Å². The Morgan fingerprint density at radius 3 is 2.63 bits per heavy atom. The molecule has 0 spiro atoms. The van der Waals surface area contributed by atoms with Crippen LogP contribution in [0.2, 0.25) is 5.02 Å². The van der Waals surface area contributed by atoms with Crippen LogP contribution in [-0.4, -0.2) is 57.5 Å². The highest BCUT2D eigenvalue weighted by Crippen LogP contribution is 2.36. The summed E-state index contributed by atoms with van der Waals surface area (Å²) in [6.07, 6.45) is 1.23. The van der Waals surface area contributed by atoms with Crippen LogP contribution in [0, 0.1) is 0 Å². The van der Waals surface area contributed by atoms with Gasteiger partial charge in [-0.2, -0.15) is 5.10 Å². The molecule has 10 nitrogen and oxygen atoms in total. The summed E-state index contributed by atoms with van der Waals surface area (Å²) in [5, 5.41) is 16.6. The average molecular weight is 401 g/mol. The molecule has 0 atom stereocenters. The Kier molecular flexibility index (Phi) is 9.62. The second-order valence-electron chi connectivity index (χ2n) is 4.87. The summed E-state index contributed by atoms with van der Waals surface area (Å²) in [6, 6.07) is 2.90. The number of nitrogens with one attached hydrogen (secondary N) is 2. The fourth-order valence-corrected chi connectivity index (χ4v) is 2.03. The molecule has 0 aliphatic carbocycles. The molecule has 1 aromatic carbocycles. The monoisotopic (exact) mass is 400 g/mol. The third-order valence-electron chi connectivity index (χ3n) is 2.84. The zero-order chi connectivity index (χ0) is 20.2. The highest BCUT2D eigenvalue weighted by Gasteiger charge is 2.13. The molecule has 0 bridgehead atoms. The zero-order valence-corrected chi connectivity index (χ0v) is 15.5. The highest BCUT2D eigenvalue weighted by molar-refractivity contribution is 6.35. The van der Waals surface area contributed by atoms with Gasteiger partial charge in [0.05, 0.1) is 30.4 Å². The first-order valence-electron chi connectivity index (χ1n) is 7.78. The number of hydrogen-bond acceptors (Lipinski definition) is 8. The van der Waals surface area contributed by atoms with E-state index >= 15 is 0 Å². The van der Waals surface area contributed by atoms with Gasteiger partial charge in [0.15, 0.2) is 11.5 Å². The lowest BCUT2D eigenvalue weighted by Gasteiger charge is -2.14. The normalized spacial score (nSPS) is 10.5. The van der Waals surface area contributed by atoms with Crippen LogP contribution in [0.1, 0.15) is 12.5 Å². The SMILES string of the molecule is CCOc1cc(/C=N\NC(=O)C(=O)NCCOC)cc(Cl)c1OCC(=O)[O-]. The average Bonchev–Trinajstić information content (AvgIpc) is 2.61. The van der Waals surface area contributed by atoms with Crippen molar-refractivity contribution in [3.63, 3.8) is 0 Å². The van der Waals surface area contributed by atoms with Crippen LogP contribution in [0.4, 0.5) is 0 Å². The fraction of sp³-hybridized carbons (Fsp3) is 0.375. The molecule has 0 saturated carbocycles. The number of carbonyl (C=O) groups excluding carboxylic acids is 3. The van der Waals surface area contributed by atoms with Gasteiger partial charge in [0.2, 0.25) is 0 Å². The first-order valence-corrected chi connectivity index (χ1v) is 8.16. The second kappa shape index (κ2) is 11.7. The Hall–Kier alpha value is -2.85. The number of hydrazone groups is 1. The summed E-state index contributed by atoms with van der Waals surface area (Å²) < 4.78 is 15.2. The van der Waals surface area contributed by atoms with E-state index in [-0.39, 0.29) is 36.3 Å². The smallest absolute Gasteiger partial charge is 0.329 e. The van der Waals surface area contributed by atoms with Crippen LogP contribution in [0.15, 0.2) is 17.2 Å². The number of rotatable bonds is 10. The van der Waals surface area contributed by atoms with E-state index in [0.717, 1.165) is 0 Å². The molecular formula is C16H19ClN3O7-. The van der Waals surface area contributed by atoms with Crippen molar-refractivity contribution in [1.82, 2.24) is 10.7 Å². The number of halogens is 1. The summed E-state index contributed by atoms with van der Waals surface area (Å²) in [7, 11) is 1.47. The molecular weight excluding hydrogens is 382 g/mol. The Morgan fingerprint density at radius 1 is 1.26 bits per heavy atom. The summed E-state index contributed by atoms with van der Waals surface area (Å²) >= 11 is 6.07. The molecule has 0 aliphatic rings. The summed E-state index contributed by atoms with van der Waals surface area (Å²) in [5.41, 5.74) is 2.48. The van der Waals surface area contributed by atoms with E-state index in [2.05, 4.69) is 15.8 Å². The van der Waals surface area contributed by atoms with Crippen LogP contribution < -0.4 is 25.3 Å². The van der Waals surface area contributed by atoms with Crippen molar-refractivity contribution in [3.8, 4) is 11.5 Å². The number of carbonyl (C=O) groups is 3. The van der Waals surface area contributed by atoms with Gasteiger partial charge < -0.3 is 29.4 Å². The molecule has 1 rings (SSSR count). The lowest BCUT2D eigenvalue weighted by atomic mass is 10.2. The summed E-state index contributed by atoms with van der Waals surface area (Å²) in [6.45, 7) is 1.76. The van der Waals surface area contributed by atoms with Gasteiger partial charge in [-0.15, -0.1) is 0 Å². The van der Waals surface area contributed by atoms with Gasteiger partial charge in [-0.1, -0.05) is 11.6 Å². The molecule has 0 heterocycles. The van der Waals surface area contributed by atoms with Gasteiger partial charge in [-0.3, -0.25) is 9.59 Å².